The molecule has 1 N–H and O–H groups in total. The van der Waals surface area contributed by atoms with E-state index in [4.69, 9.17) is 23.9 Å². The van der Waals surface area contributed by atoms with Crippen LogP contribution >= 0.6 is 0 Å². The monoisotopic (exact) mass is 570 g/mol. The Morgan fingerprint density at radius 1 is 0.905 bits per heavy atom. The summed E-state index contributed by atoms with van der Waals surface area (Å²) < 4.78 is 23.3. The molecular formula is C32H38N6O4. The maximum atomic E-state index is 6.70. The molecule has 6 rings (SSSR count). The van der Waals surface area contributed by atoms with E-state index in [0.717, 1.165) is 58.4 Å². The van der Waals surface area contributed by atoms with Crippen LogP contribution in [0.5, 0.6) is 28.9 Å². The van der Waals surface area contributed by atoms with Gasteiger partial charge in [0.25, 0.3) is 0 Å². The summed E-state index contributed by atoms with van der Waals surface area (Å²) in [5, 5.41) is 4.20. The Morgan fingerprint density at radius 2 is 1.67 bits per heavy atom. The van der Waals surface area contributed by atoms with Gasteiger partial charge in [-0.15, -0.1) is 0 Å². The number of aromatic nitrogens is 3. The molecule has 2 saturated heterocycles. The van der Waals surface area contributed by atoms with Gasteiger partial charge in [-0.25, -0.2) is 9.97 Å². The van der Waals surface area contributed by atoms with Crippen LogP contribution in [0.3, 0.4) is 0 Å². The lowest BCUT2D eigenvalue weighted by atomic mass is 10.1. The Balaban J connectivity index is 1.42. The maximum absolute atomic E-state index is 6.70. The topological polar surface area (TPSA) is 94.1 Å². The van der Waals surface area contributed by atoms with Gasteiger partial charge in [0.15, 0.2) is 0 Å². The second-order valence-electron chi connectivity index (χ2n) is 11.0. The van der Waals surface area contributed by atoms with E-state index in [1.54, 1.807) is 27.7 Å². The molecule has 4 heterocycles. The molecule has 4 aromatic rings. The normalized spacial score (nSPS) is 18.3. The fourth-order valence-corrected chi connectivity index (χ4v) is 6.17. The van der Waals surface area contributed by atoms with Crippen molar-refractivity contribution in [3.63, 3.8) is 0 Å². The van der Waals surface area contributed by atoms with Crippen LogP contribution in [0.1, 0.15) is 29.5 Å². The van der Waals surface area contributed by atoms with Crippen molar-refractivity contribution in [2.75, 3.05) is 51.7 Å². The number of methoxy groups -OCH3 is 3. The Morgan fingerprint density at radius 3 is 2.38 bits per heavy atom. The van der Waals surface area contributed by atoms with Gasteiger partial charge < -0.3 is 29.2 Å². The highest BCUT2D eigenvalue weighted by Gasteiger charge is 2.38. The largest absolute Gasteiger partial charge is 0.497 e. The zero-order valence-corrected chi connectivity index (χ0v) is 25.1. The molecule has 2 atom stereocenters. The first-order valence-electron chi connectivity index (χ1n) is 14.3. The number of piperazine rings is 1. The van der Waals surface area contributed by atoms with Gasteiger partial charge in [-0.05, 0) is 57.5 Å². The first kappa shape index (κ1) is 27.8. The van der Waals surface area contributed by atoms with Crippen molar-refractivity contribution < 1.29 is 18.9 Å². The summed E-state index contributed by atoms with van der Waals surface area (Å²) in [6.07, 6.45) is 4.00. The molecule has 2 fully saturated rings. The number of hydrogen-bond acceptors (Lipinski definition) is 10. The third-order valence-electron chi connectivity index (χ3n) is 8.66. The second kappa shape index (κ2) is 11.5. The second-order valence-corrected chi connectivity index (χ2v) is 11.0. The standard InChI is InChI=1S/C32H38N6O4/c1-19-7-12-26(40-5)20(2)30(19)42-32-29-25(14-28(36-32)38-16-22-9-10-23(17-38)37(22)3)34-18-35-31(29)33-15-21-8-11-24(39-4)13-27(21)41-6/h7-8,11-14,18,22-23H,9-10,15-17H2,1-6H3,(H,33,34,35). The number of nitrogens with one attached hydrogen (secondary N) is 1. The average molecular weight is 571 g/mol. The van der Waals surface area contributed by atoms with Crippen LogP contribution in [0.25, 0.3) is 10.9 Å². The van der Waals surface area contributed by atoms with Gasteiger partial charge in [0.05, 0.1) is 26.8 Å². The summed E-state index contributed by atoms with van der Waals surface area (Å²) in [6, 6.07) is 12.8. The fraction of sp³-hybridized carbons (Fsp3) is 0.406. The molecule has 2 aliphatic heterocycles. The zero-order chi connectivity index (χ0) is 29.4. The molecule has 2 aliphatic rings. The lowest BCUT2D eigenvalue weighted by Crippen LogP contribution is -2.52. The van der Waals surface area contributed by atoms with E-state index in [0.29, 0.717) is 41.5 Å². The summed E-state index contributed by atoms with van der Waals surface area (Å²) in [4.78, 5) is 19.3. The molecule has 2 aromatic carbocycles. The molecule has 2 unspecified atom stereocenters. The third kappa shape index (κ3) is 5.11. The van der Waals surface area contributed by atoms with E-state index in [9.17, 15) is 0 Å². The van der Waals surface area contributed by atoms with Crippen LogP contribution in [0.2, 0.25) is 0 Å². The number of fused-ring (bicyclic) bond motifs is 3. The first-order chi connectivity index (χ1) is 20.4. The van der Waals surface area contributed by atoms with Crippen molar-refractivity contribution in [1.29, 1.82) is 0 Å². The van der Waals surface area contributed by atoms with Gasteiger partial charge in [-0.2, -0.15) is 4.98 Å². The average Bonchev–Trinajstić information content (AvgIpc) is 3.20. The molecule has 42 heavy (non-hydrogen) atoms. The molecule has 2 bridgehead atoms. The van der Waals surface area contributed by atoms with Crippen molar-refractivity contribution in [2.24, 2.45) is 0 Å². The van der Waals surface area contributed by atoms with Crippen LogP contribution < -0.4 is 29.2 Å². The van der Waals surface area contributed by atoms with Gasteiger partial charge in [0.1, 0.15) is 46.3 Å². The number of anilines is 2. The smallest absolute Gasteiger partial charge is 0.234 e. The first-order valence-corrected chi connectivity index (χ1v) is 14.3. The van der Waals surface area contributed by atoms with E-state index >= 15 is 0 Å². The van der Waals surface area contributed by atoms with E-state index < -0.39 is 0 Å². The molecule has 0 radical (unpaired) electrons. The minimum absolute atomic E-state index is 0.457. The Labute approximate surface area is 246 Å². The molecule has 0 spiro atoms. The van der Waals surface area contributed by atoms with E-state index in [2.05, 4.69) is 38.2 Å². The van der Waals surface area contributed by atoms with Crippen LogP contribution in [-0.2, 0) is 6.54 Å². The summed E-state index contributed by atoms with van der Waals surface area (Å²) in [5.41, 5.74) is 3.62. The molecule has 2 aromatic heterocycles. The summed E-state index contributed by atoms with van der Waals surface area (Å²) in [6.45, 7) is 6.35. The summed E-state index contributed by atoms with van der Waals surface area (Å²) in [7, 11) is 7.19. The Bertz CT molecular complexity index is 1600. The number of rotatable bonds is 9. The molecule has 0 aliphatic carbocycles. The maximum Gasteiger partial charge on any atom is 0.234 e. The Kier molecular flexibility index (Phi) is 7.64. The molecule has 0 saturated carbocycles. The number of aryl methyl sites for hydroxylation is 1. The highest BCUT2D eigenvalue weighted by atomic mass is 16.5. The molecule has 220 valence electrons. The van der Waals surface area contributed by atoms with Crippen LogP contribution in [0.15, 0.2) is 42.7 Å². The van der Waals surface area contributed by atoms with E-state index in [1.165, 1.54) is 12.8 Å². The number of ether oxygens (including phenoxy) is 4. The molecular weight excluding hydrogens is 532 g/mol. The minimum Gasteiger partial charge on any atom is -0.497 e. The third-order valence-corrected chi connectivity index (χ3v) is 8.66. The van der Waals surface area contributed by atoms with Crippen molar-refractivity contribution in [2.45, 2.75) is 45.3 Å². The number of benzene rings is 2. The zero-order valence-electron chi connectivity index (χ0n) is 25.1. The predicted octanol–water partition coefficient (Wildman–Crippen LogP) is 5.35. The summed E-state index contributed by atoms with van der Waals surface area (Å²) in [5.74, 6) is 4.88. The molecule has 10 nitrogen and oxygen atoms in total. The minimum atomic E-state index is 0.457. The highest BCUT2D eigenvalue weighted by Crippen LogP contribution is 2.40. The number of hydrogen-bond donors (Lipinski definition) is 1. The summed E-state index contributed by atoms with van der Waals surface area (Å²) >= 11 is 0. The van der Waals surface area contributed by atoms with Gasteiger partial charge in [0.2, 0.25) is 5.88 Å². The lowest BCUT2D eigenvalue weighted by Gasteiger charge is -2.39. The van der Waals surface area contributed by atoms with Crippen molar-refractivity contribution >= 4 is 22.5 Å². The van der Waals surface area contributed by atoms with E-state index in [1.807, 2.05) is 44.2 Å². The van der Waals surface area contributed by atoms with Crippen LogP contribution in [-0.4, -0.2) is 73.4 Å². The predicted molar refractivity (Wildman–Crippen MR) is 164 cm³/mol. The van der Waals surface area contributed by atoms with Crippen molar-refractivity contribution in [3.8, 4) is 28.9 Å². The SMILES string of the molecule is COc1ccc(CNc2ncnc3cc(N4CC5CCC(C4)N5C)nc(Oc4c(C)ccc(OC)c4C)c23)c(OC)c1. The number of likely N-dealkylation sites (N-methyl/N-ethyl adjacent to an activating group) is 1. The van der Waals surface area contributed by atoms with Gasteiger partial charge in [-0.1, -0.05) is 6.07 Å². The van der Waals surface area contributed by atoms with Crippen molar-refractivity contribution in [3.05, 3.63) is 59.4 Å². The van der Waals surface area contributed by atoms with E-state index in [-0.39, 0.29) is 0 Å². The van der Waals surface area contributed by atoms with Crippen molar-refractivity contribution in [1.82, 2.24) is 19.9 Å². The van der Waals surface area contributed by atoms with Gasteiger partial charge >= 0.3 is 0 Å². The lowest BCUT2D eigenvalue weighted by molar-refractivity contribution is 0.212. The molecule has 0 amide bonds. The van der Waals surface area contributed by atoms with Crippen LogP contribution in [0, 0.1) is 13.8 Å². The molecule has 10 heteroatoms. The van der Waals surface area contributed by atoms with Gasteiger partial charge in [0, 0.05) is 55.0 Å². The highest BCUT2D eigenvalue weighted by molar-refractivity contribution is 5.95. The number of pyridine rings is 1. The Hall–Kier alpha value is -4.31. The quantitative estimate of drug-likeness (QED) is 0.284. The van der Waals surface area contributed by atoms with Gasteiger partial charge in [-0.3, -0.25) is 4.90 Å². The number of nitrogens with zero attached hydrogens (tertiary/aromatic N) is 5. The fourth-order valence-electron chi connectivity index (χ4n) is 6.17. The van der Waals surface area contributed by atoms with Crippen LogP contribution in [0.4, 0.5) is 11.6 Å².